The summed E-state index contributed by atoms with van der Waals surface area (Å²) >= 11 is 6.25. The lowest BCUT2D eigenvalue weighted by Gasteiger charge is -2.28. The van der Waals surface area contributed by atoms with Gasteiger partial charge in [0.2, 0.25) is 0 Å². The molecule has 1 aromatic rings. The molecule has 0 saturated carbocycles. The van der Waals surface area contributed by atoms with Crippen molar-refractivity contribution in [2.75, 3.05) is 13.2 Å². The monoisotopic (exact) mass is 283 g/mol. The summed E-state index contributed by atoms with van der Waals surface area (Å²) in [5.41, 5.74) is 2.33. The van der Waals surface area contributed by atoms with E-state index in [1.165, 1.54) is 5.56 Å². The predicted molar refractivity (Wildman–Crippen MR) is 82.9 cm³/mol. The molecular formula is C16H26ClNO. The topological polar surface area (TPSA) is 21.3 Å². The van der Waals surface area contributed by atoms with Crippen LogP contribution in [0.1, 0.15) is 50.8 Å². The first-order valence-corrected chi connectivity index (χ1v) is 7.62. The van der Waals surface area contributed by atoms with Crippen LogP contribution in [0.25, 0.3) is 0 Å². The first-order valence-electron chi connectivity index (χ1n) is 7.25. The first kappa shape index (κ1) is 16.5. The molecular weight excluding hydrogens is 258 g/mol. The number of ether oxygens (including phenoxy) is 1. The molecule has 0 aliphatic heterocycles. The van der Waals surface area contributed by atoms with Gasteiger partial charge < -0.3 is 10.1 Å². The first-order chi connectivity index (χ1) is 9.13. The quantitative estimate of drug-likeness (QED) is 0.758. The Labute approximate surface area is 122 Å². The zero-order valence-electron chi connectivity index (χ0n) is 12.5. The van der Waals surface area contributed by atoms with Gasteiger partial charge in [0.15, 0.2) is 0 Å². The van der Waals surface area contributed by atoms with Crippen molar-refractivity contribution in [1.29, 1.82) is 0 Å². The summed E-state index contributed by atoms with van der Waals surface area (Å²) < 4.78 is 5.92. The molecule has 2 atom stereocenters. The highest BCUT2D eigenvalue weighted by Crippen LogP contribution is 2.26. The zero-order chi connectivity index (χ0) is 14.3. The van der Waals surface area contributed by atoms with E-state index in [0.29, 0.717) is 0 Å². The second-order valence-electron chi connectivity index (χ2n) is 4.83. The lowest BCUT2D eigenvalue weighted by atomic mass is 9.97. The largest absolute Gasteiger partial charge is 0.377 e. The third-order valence-electron chi connectivity index (χ3n) is 3.30. The standard InChI is InChI=1S/C16H26ClNO/c1-5-8-15(19-7-3)16(18-6-2)13-10-9-12(4)14(17)11-13/h9-11,15-16,18H,5-8H2,1-4H3. The Morgan fingerprint density at radius 3 is 2.53 bits per heavy atom. The van der Waals surface area contributed by atoms with Gasteiger partial charge in [-0.3, -0.25) is 0 Å². The minimum Gasteiger partial charge on any atom is -0.377 e. The maximum atomic E-state index is 6.25. The van der Waals surface area contributed by atoms with Crippen molar-refractivity contribution < 1.29 is 4.74 Å². The Hall–Kier alpha value is -0.570. The minimum atomic E-state index is 0.203. The fourth-order valence-electron chi connectivity index (χ4n) is 2.33. The van der Waals surface area contributed by atoms with Gasteiger partial charge in [-0.15, -0.1) is 0 Å². The number of hydrogen-bond donors (Lipinski definition) is 1. The summed E-state index contributed by atoms with van der Waals surface area (Å²) in [6.45, 7) is 10.1. The van der Waals surface area contributed by atoms with Gasteiger partial charge in [-0.1, -0.05) is 44.0 Å². The third-order valence-corrected chi connectivity index (χ3v) is 3.71. The molecule has 2 nitrogen and oxygen atoms in total. The number of hydrogen-bond acceptors (Lipinski definition) is 2. The molecule has 0 radical (unpaired) electrons. The van der Waals surface area contributed by atoms with E-state index in [4.69, 9.17) is 16.3 Å². The van der Waals surface area contributed by atoms with Gasteiger partial charge >= 0.3 is 0 Å². The molecule has 0 amide bonds. The van der Waals surface area contributed by atoms with Crippen LogP contribution in [0.4, 0.5) is 0 Å². The number of rotatable bonds is 8. The Kier molecular flexibility index (Phi) is 7.44. The van der Waals surface area contributed by atoms with Gasteiger partial charge in [-0.05, 0) is 44.0 Å². The van der Waals surface area contributed by atoms with Crippen LogP contribution >= 0.6 is 11.6 Å². The number of aryl methyl sites for hydroxylation is 1. The third kappa shape index (κ3) is 4.79. The molecule has 2 unspecified atom stereocenters. The van der Waals surface area contributed by atoms with E-state index in [0.717, 1.165) is 36.6 Å². The lowest BCUT2D eigenvalue weighted by molar-refractivity contribution is 0.0280. The van der Waals surface area contributed by atoms with Crippen molar-refractivity contribution >= 4 is 11.6 Å². The molecule has 0 aliphatic rings. The Balaban J connectivity index is 2.98. The maximum Gasteiger partial charge on any atom is 0.0769 e. The van der Waals surface area contributed by atoms with Crippen LogP contribution < -0.4 is 5.32 Å². The van der Waals surface area contributed by atoms with Crippen LogP contribution in [-0.4, -0.2) is 19.3 Å². The Morgan fingerprint density at radius 1 is 1.26 bits per heavy atom. The molecule has 108 valence electrons. The average Bonchev–Trinajstić information content (AvgIpc) is 2.39. The SMILES string of the molecule is CCCC(OCC)C(NCC)c1ccc(C)c(Cl)c1. The van der Waals surface area contributed by atoms with E-state index in [-0.39, 0.29) is 12.1 Å². The number of benzene rings is 1. The molecule has 1 aromatic carbocycles. The molecule has 0 aromatic heterocycles. The van der Waals surface area contributed by atoms with Crippen LogP contribution in [0.15, 0.2) is 18.2 Å². The Bertz CT molecular complexity index is 375. The number of halogens is 1. The van der Waals surface area contributed by atoms with Crippen molar-refractivity contribution in [3.8, 4) is 0 Å². The maximum absolute atomic E-state index is 6.25. The van der Waals surface area contributed by atoms with Gasteiger partial charge in [0.1, 0.15) is 0 Å². The highest BCUT2D eigenvalue weighted by molar-refractivity contribution is 6.31. The van der Waals surface area contributed by atoms with Crippen LogP contribution in [0.5, 0.6) is 0 Å². The molecule has 0 heterocycles. The number of nitrogens with one attached hydrogen (secondary N) is 1. The minimum absolute atomic E-state index is 0.203. The average molecular weight is 284 g/mol. The molecule has 19 heavy (non-hydrogen) atoms. The highest BCUT2D eigenvalue weighted by atomic mass is 35.5. The predicted octanol–water partition coefficient (Wildman–Crippen LogP) is 4.50. The Morgan fingerprint density at radius 2 is 2.00 bits per heavy atom. The summed E-state index contributed by atoms with van der Waals surface area (Å²) in [5, 5.41) is 4.36. The molecule has 0 fully saturated rings. The van der Waals surface area contributed by atoms with Crippen LogP contribution in [0.3, 0.4) is 0 Å². The molecule has 1 rings (SSSR count). The van der Waals surface area contributed by atoms with Gasteiger partial charge in [0.25, 0.3) is 0 Å². The lowest BCUT2D eigenvalue weighted by Crippen LogP contribution is -2.34. The van der Waals surface area contributed by atoms with E-state index < -0.39 is 0 Å². The van der Waals surface area contributed by atoms with E-state index in [1.54, 1.807) is 0 Å². The second-order valence-corrected chi connectivity index (χ2v) is 5.23. The second kappa shape index (κ2) is 8.57. The van der Waals surface area contributed by atoms with E-state index in [1.807, 2.05) is 13.8 Å². The van der Waals surface area contributed by atoms with Gasteiger partial charge in [-0.2, -0.15) is 0 Å². The summed E-state index contributed by atoms with van der Waals surface area (Å²) in [7, 11) is 0. The summed E-state index contributed by atoms with van der Waals surface area (Å²) in [6.07, 6.45) is 2.37. The summed E-state index contributed by atoms with van der Waals surface area (Å²) in [4.78, 5) is 0. The highest BCUT2D eigenvalue weighted by Gasteiger charge is 2.22. The summed E-state index contributed by atoms with van der Waals surface area (Å²) in [6, 6.07) is 6.50. The molecule has 0 spiro atoms. The zero-order valence-corrected chi connectivity index (χ0v) is 13.3. The van der Waals surface area contributed by atoms with Crippen molar-refractivity contribution in [3.63, 3.8) is 0 Å². The van der Waals surface area contributed by atoms with Gasteiger partial charge in [-0.25, -0.2) is 0 Å². The van der Waals surface area contributed by atoms with Gasteiger partial charge in [0.05, 0.1) is 12.1 Å². The fraction of sp³-hybridized carbons (Fsp3) is 0.625. The van der Waals surface area contributed by atoms with E-state index >= 15 is 0 Å². The van der Waals surface area contributed by atoms with Crippen LogP contribution in [0, 0.1) is 6.92 Å². The molecule has 3 heteroatoms. The van der Waals surface area contributed by atoms with E-state index in [9.17, 15) is 0 Å². The van der Waals surface area contributed by atoms with Crippen molar-refractivity contribution in [1.82, 2.24) is 5.32 Å². The normalized spacial score (nSPS) is 14.4. The van der Waals surface area contributed by atoms with Crippen LogP contribution in [0.2, 0.25) is 5.02 Å². The smallest absolute Gasteiger partial charge is 0.0769 e. The molecule has 1 N–H and O–H groups in total. The molecule has 0 aliphatic carbocycles. The summed E-state index contributed by atoms with van der Waals surface area (Å²) in [5.74, 6) is 0. The number of likely N-dealkylation sites (N-methyl/N-ethyl adjacent to an activating group) is 1. The van der Waals surface area contributed by atoms with Gasteiger partial charge in [0, 0.05) is 11.6 Å². The van der Waals surface area contributed by atoms with Crippen LogP contribution in [-0.2, 0) is 4.74 Å². The molecule has 0 saturated heterocycles. The van der Waals surface area contributed by atoms with Crippen molar-refractivity contribution in [2.45, 2.75) is 52.7 Å². The fourth-order valence-corrected chi connectivity index (χ4v) is 2.52. The van der Waals surface area contributed by atoms with E-state index in [2.05, 4.69) is 37.4 Å². The van der Waals surface area contributed by atoms with Crippen molar-refractivity contribution in [3.05, 3.63) is 34.3 Å². The van der Waals surface area contributed by atoms with Crippen molar-refractivity contribution in [2.24, 2.45) is 0 Å². The molecule has 0 bridgehead atoms.